The van der Waals surface area contributed by atoms with Crippen molar-refractivity contribution >= 4 is 90.2 Å². The number of fused-ring (bicyclic) bond motifs is 1. The number of carbonyl (C=O) groups excluding carboxylic acids is 4. The number of amides is 3. The molecule has 0 N–H and O–H groups in total. The lowest BCUT2D eigenvalue weighted by atomic mass is 9.81. The van der Waals surface area contributed by atoms with Crippen LogP contribution in [0.4, 0.5) is 4.39 Å². The van der Waals surface area contributed by atoms with Crippen molar-refractivity contribution < 1.29 is 23.6 Å². The maximum absolute atomic E-state index is 13.9. The van der Waals surface area contributed by atoms with Gasteiger partial charge in [0.15, 0.2) is 5.78 Å². The molecule has 1 saturated carbocycles. The lowest BCUT2D eigenvalue weighted by Gasteiger charge is -2.36. The van der Waals surface area contributed by atoms with Crippen LogP contribution in [0.2, 0.25) is 10.0 Å². The van der Waals surface area contributed by atoms with E-state index in [4.69, 9.17) is 34.8 Å². The highest BCUT2D eigenvalue weighted by atomic mass is 79.9. The Bertz CT molecular complexity index is 1220. The number of nitrogens with zero attached hydrogens (tertiary/aromatic N) is 2. The van der Waals surface area contributed by atoms with E-state index in [0.29, 0.717) is 12.8 Å². The zero-order valence-electron chi connectivity index (χ0n) is 19.1. The maximum Gasteiger partial charge on any atom is 0.273 e. The Balaban J connectivity index is 1.82. The molecule has 5 atom stereocenters. The number of hydrazine groups is 1. The van der Waals surface area contributed by atoms with Crippen molar-refractivity contribution in [2.75, 3.05) is 5.88 Å². The predicted molar refractivity (Wildman–Crippen MR) is 146 cm³/mol. The molecule has 37 heavy (non-hydrogen) atoms. The van der Waals surface area contributed by atoms with Crippen LogP contribution in [0.1, 0.15) is 40.0 Å². The van der Waals surface area contributed by atoms with Crippen molar-refractivity contribution in [3.8, 4) is 0 Å². The molecule has 1 aliphatic heterocycles. The van der Waals surface area contributed by atoms with Gasteiger partial charge in [-0.3, -0.25) is 19.2 Å². The van der Waals surface area contributed by atoms with Gasteiger partial charge < -0.3 is 0 Å². The Morgan fingerprint density at radius 2 is 1.49 bits per heavy atom. The second-order valence-electron chi connectivity index (χ2n) is 8.85. The molecule has 3 amide bonds. The van der Waals surface area contributed by atoms with Gasteiger partial charge in [0.2, 0.25) is 0 Å². The van der Waals surface area contributed by atoms with E-state index in [9.17, 15) is 23.6 Å². The normalized spacial score (nSPS) is 24.1. The number of benzene rings is 2. The number of hydrogen-bond acceptors (Lipinski definition) is 4. The van der Waals surface area contributed by atoms with E-state index in [1.54, 1.807) is 0 Å². The maximum atomic E-state index is 13.9. The SMILES string of the molecule is O=C(c1ccc(F)cc1)[C@H](CCCl)N(C(=O)c1ccc(Cl)c(Cl)c1)N1C(=O)[C@H]2C[C@H](Br)[C@@H](Br)C[C@H]2C1=O. The molecular weight excluding hydrogens is 677 g/mol. The molecule has 4 rings (SSSR count). The van der Waals surface area contributed by atoms with Gasteiger partial charge in [-0.05, 0) is 61.7 Å². The quantitative estimate of drug-likeness (QED) is 0.194. The Kier molecular flexibility index (Phi) is 9.01. The number of imide groups is 1. The molecule has 2 aromatic carbocycles. The summed E-state index contributed by atoms with van der Waals surface area (Å²) in [5.41, 5.74) is 0.120. The molecule has 1 aliphatic carbocycles. The van der Waals surface area contributed by atoms with Gasteiger partial charge in [-0.15, -0.1) is 11.6 Å². The molecule has 1 heterocycles. The summed E-state index contributed by atoms with van der Waals surface area (Å²) in [6, 6.07) is 7.57. The summed E-state index contributed by atoms with van der Waals surface area (Å²) in [5, 5.41) is 1.98. The van der Waals surface area contributed by atoms with E-state index in [1.165, 1.54) is 30.3 Å². The van der Waals surface area contributed by atoms with Gasteiger partial charge in [0.05, 0.1) is 21.9 Å². The van der Waals surface area contributed by atoms with Crippen LogP contribution >= 0.6 is 66.7 Å². The number of Topliss-reactive ketones (excluding diaryl/α,β-unsaturated/α-hetero) is 1. The van der Waals surface area contributed by atoms with Crippen molar-refractivity contribution in [2.45, 2.75) is 35.0 Å². The minimum absolute atomic E-state index is 0.0214. The van der Waals surface area contributed by atoms with Crippen LogP contribution in [0.15, 0.2) is 42.5 Å². The van der Waals surface area contributed by atoms with Crippen LogP contribution in [0, 0.1) is 17.7 Å². The highest BCUT2D eigenvalue weighted by Gasteiger charge is 2.56. The second kappa shape index (κ2) is 11.7. The highest BCUT2D eigenvalue weighted by molar-refractivity contribution is 9.12. The lowest BCUT2D eigenvalue weighted by Crippen LogP contribution is -2.57. The van der Waals surface area contributed by atoms with Gasteiger partial charge in [-0.1, -0.05) is 55.1 Å². The zero-order valence-corrected chi connectivity index (χ0v) is 24.5. The lowest BCUT2D eigenvalue weighted by molar-refractivity contribution is -0.156. The topological polar surface area (TPSA) is 74.8 Å². The molecule has 6 nitrogen and oxygen atoms in total. The van der Waals surface area contributed by atoms with E-state index in [1.807, 2.05) is 0 Å². The van der Waals surface area contributed by atoms with E-state index < -0.39 is 47.2 Å². The minimum Gasteiger partial charge on any atom is -0.292 e. The standard InChI is InChI=1S/C25H20Br2Cl3FN2O4/c26-17-10-15-16(11-18(17)27)25(37)33(24(15)36)32(23(35)13-3-6-19(29)20(30)9-13)21(7-8-28)22(34)12-1-4-14(31)5-2-12/h1-6,9,15-18,21H,7-8,10-11H2/t15-,16+,17-,18-,21-/m0/s1. The summed E-state index contributed by atoms with van der Waals surface area (Å²) in [4.78, 5) is 54.8. The Labute approximate surface area is 244 Å². The molecule has 0 aromatic heterocycles. The first-order valence-corrected chi connectivity index (χ1v) is 14.5. The summed E-state index contributed by atoms with van der Waals surface area (Å²) >= 11 is 25.3. The van der Waals surface area contributed by atoms with Crippen LogP contribution < -0.4 is 0 Å². The van der Waals surface area contributed by atoms with E-state index in [0.717, 1.165) is 22.2 Å². The van der Waals surface area contributed by atoms with E-state index >= 15 is 0 Å². The summed E-state index contributed by atoms with van der Waals surface area (Å²) < 4.78 is 13.5. The van der Waals surface area contributed by atoms with Gasteiger partial charge in [-0.2, -0.15) is 5.01 Å². The molecule has 2 aromatic rings. The predicted octanol–water partition coefficient (Wildman–Crippen LogP) is 6.29. The molecular formula is C25H20Br2Cl3FN2O4. The number of carbonyl (C=O) groups is 4. The Morgan fingerprint density at radius 1 is 0.946 bits per heavy atom. The second-order valence-corrected chi connectivity index (χ2v) is 12.4. The van der Waals surface area contributed by atoms with Crippen LogP contribution in [0.5, 0.6) is 0 Å². The average molecular weight is 698 g/mol. The van der Waals surface area contributed by atoms with Gasteiger partial charge in [0, 0.05) is 26.7 Å². The smallest absolute Gasteiger partial charge is 0.273 e. The molecule has 0 unspecified atom stereocenters. The molecule has 196 valence electrons. The van der Waals surface area contributed by atoms with Crippen molar-refractivity contribution in [1.82, 2.24) is 10.0 Å². The van der Waals surface area contributed by atoms with E-state index in [-0.39, 0.29) is 43.1 Å². The first kappa shape index (κ1) is 28.5. The largest absolute Gasteiger partial charge is 0.292 e. The van der Waals surface area contributed by atoms with Crippen molar-refractivity contribution in [2.24, 2.45) is 11.8 Å². The minimum atomic E-state index is -1.32. The first-order valence-electron chi connectivity index (χ1n) is 11.3. The zero-order chi connectivity index (χ0) is 27.0. The third-order valence-corrected chi connectivity index (χ3v) is 10.3. The number of rotatable bonds is 7. The number of hydrogen-bond donors (Lipinski definition) is 0. The average Bonchev–Trinajstić information content (AvgIpc) is 3.10. The number of ketones is 1. The number of alkyl halides is 3. The fraction of sp³-hybridized carbons (Fsp3) is 0.360. The van der Waals surface area contributed by atoms with Crippen molar-refractivity contribution in [3.05, 3.63) is 69.5 Å². The monoisotopic (exact) mass is 694 g/mol. The summed E-state index contributed by atoms with van der Waals surface area (Å²) in [6.45, 7) is 0. The molecule has 1 saturated heterocycles. The molecule has 12 heteroatoms. The molecule has 2 aliphatic rings. The highest BCUT2D eigenvalue weighted by Crippen LogP contribution is 2.44. The van der Waals surface area contributed by atoms with Gasteiger partial charge >= 0.3 is 0 Å². The van der Waals surface area contributed by atoms with Crippen LogP contribution in [-0.2, 0) is 9.59 Å². The fourth-order valence-corrected chi connectivity index (χ4v) is 6.44. The van der Waals surface area contributed by atoms with Crippen molar-refractivity contribution in [3.63, 3.8) is 0 Å². The van der Waals surface area contributed by atoms with Crippen LogP contribution in [0.3, 0.4) is 0 Å². The summed E-state index contributed by atoms with van der Waals surface area (Å²) in [5.74, 6) is -4.45. The van der Waals surface area contributed by atoms with Crippen molar-refractivity contribution in [1.29, 1.82) is 0 Å². The molecule has 0 bridgehead atoms. The third kappa shape index (κ3) is 5.62. The van der Waals surface area contributed by atoms with E-state index in [2.05, 4.69) is 31.9 Å². The van der Waals surface area contributed by atoms with Gasteiger partial charge in [-0.25, -0.2) is 9.40 Å². The fourth-order valence-electron chi connectivity index (χ4n) is 4.70. The van der Waals surface area contributed by atoms with Gasteiger partial charge in [0.25, 0.3) is 17.7 Å². The van der Waals surface area contributed by atoms with Gasteiger partial charge in [0.1, 0.15) is 11.9 Å². The van der Waals surface area contributed by atoms with Crippen LogP contribution in [0.25, 0.3) is 0 Å². The third-order valence-electron chi connectivity index (χ3n) is 6.59. The molecule has 0 spiro atoms. The first-order chi connectivity index (χ1) is 17.5. The number of halogens is 6. The Morgan fingerprint density at radius 3 is 2.00 bits per heavy atom. The van der Waals surface area contributed by atoms with Crippen LogP contribution in [-0.4, -0.2) is 55.1 Å². The molecule has 0 radical (unpaired) electrons. The molecule has 2 fully saturated rings. The Hall–Kier alpha value is -1.52. The summed E-state index contributed by atoms with van der Waals surface area (Å²) in [7, 11) is 0. The summed E-state index contributed by atoms with van der Waals surface area (Å²) in [6.07, 6.45) is 0.685.